The molecule has 8 heteroatoms. The summed E-state index contributed by atoms with van der Waals surface area (Å²) in [4.78, 5) is 49.1. The Morgan fingerprint density at radius 3 is 2.21 bits per heavy atom. The van der Waals surface area contributed by atoms with Crippen LogP contribution in [0.3, 0.4) is 0 Å². The summed E-state index contributed by atoms with van der Waals surface area (Å²) >= 11 is 0. The fourth-order valence-corrected chi connectivity index (χ4v) is 2.44. The van der Waals surface area contributed by atoms with E-state index in [0.29, 0.717) is 12.8 Å². The monoisotopic (exact) mass is 341 g/mol. The van der Waals surface area contributed by atoms with E-state index in [9.17, 15) is 19.2 Å². The molecule has 0 aromatic heterocycles. The second kappa shape index (κ2) is 7.19. The number of carbonyl (C=O) groups is 4. The van der Waals surface area contributed by atoms with Crippen LogP contribution in [0.2, 0.25) is 0 Å². The number of hydrogen-bond acceptors (Lipinski definition) is 5. The van der Waals surface area contributed by atoms with E-state index in [1.165, 1.54) is 6.92 Å². The second-order valence-corrected chi connectivity index (χ2v) is 6.98. The lowest BCUT2D eigenvalue weighted by Gasteiger charge is -2.24. The average Bonchev–Trinajstić information content (AvgIpc) is 2.70. The molecule has 1 aliphatic heterocycles. The molecule has 1 unspecified atom stereocenters. The van der Waals surface area contributed by atoms with E-state index in [4.69, 9.17) is 4.74 Å². The van der Waals surface area contributed by atoms with Crippen LogP contribution in [0.5, 0.6) is 0 Å². The van der Waals surface area contributed by atoms with Gasteiger partial charge in [0.15, 0.2) is 6.10 Å². The maximum atomic E-state index is 12.4. The summed E-state index contributed by atoms with van der Waals surface area (Å²) in [7, 11) is 0. The van der Waals surface area contributed by atoms with Gasteiger partial charge in [-0.2, -0.15) is 0 Å². The molecule has 1 heterocycles. The minimum Gasteiger partial charge on any atom is -0.451 e. The van der Waals surface area contributed by atoms with Crippen molar-refractivity contribution in [3.05, 3.63) is 0 Å². The number of nitrogens with one attached hydrogen (secondary N) is 2. The molecule has 0 aromatic rings. The molecule has 4 amide bonds. The van der Waals surface area contributed by atoms with Gasteiger partial charge in [-0.1, -0.05) is 13.8 Å². The zero-order valence-corrected chi connectivity index (χ0v) is 15.2. The third-order valence-electron chi connectivity index (χ3n) is 3.92. The maximum absolute atomic E-state index is 12.4. The molecule has 0 radical (unpaired) electrons. The highest BCUT2D eigenvalue weighted by Gasteiger charge is 2.49. The Kier molecular flexibility index (Phi) is 5.97. The van der Waals surface area contributed by atoms with Crippen LogP contribution in [0.25, 0.3) is 0 Å². The molecular formula is C16H27N3O5. The molecule has 1 fully saturated rings. The summed E-state index contributed by atoms with van der Waals surface area (Å²) in [5.41, 5.74) is -1.42. The van der Waals surface area contributed by atoms with Crippen molar-refractivity contribution in [1.29, 1.82) is 0 Å². The Balaban J connectivity index is 2.67. The Morgan fingerprint density at radius 2 is 1.79 bits per heavy atom. The van der Waals surface area contributed by atoms with Gasteiger partial charge in [-0.05, 0) is 40.5 Å². The van der Waals surface area contributed by atoms with Crippen LogP contribution in [0, 0.1) is 0 Å². The largest absolute Gasteiger partial charge is 0.451 e. The van der Waals surface area contributed by atoms with Crippen LogP contribution in [0.1, 0.15) is 54.4 Å². The Labute approximate surface area is 142 Å². The molecule has 1 atom stereocenters. The van der Waals surface area contributed by atoms with Gasteiger partial charge in [0, 0.05) is 5.54 Å². The molecule has 1 aliphatic rings. The van der Waals surface area contributed by atoms with Gasteiger partial charge in [-0.3, -0.25) is 19.3 Å². The number of carbonyl (C=O) groups excluding carboxylic acids is 4. The summed E-state index contributed by atoms with van der Waals surface area (Å²) in [6.45, 7) is 9.93. The number of imide groups is 1. The molecule has 24 heavy (non-hydrogen) atoms. The van der Waals surface area contributed by atoms with Crippen molar-refractivity contribution in [2.24, 2.45) is 0 Å². The van der Waals surface area contributed by atoms with Gasteiger partial charge in [0.25, 0.3) is 11.8 Å². The van der Waals surface area contributed by atoms with Gasteiger partial charge in [-0.15, -0.1) is 0 Å². The SMILES string of the molecule is CCC1(CC)NC(=O)N(CC(=O)OC(C)C(=O)NC(C)(C)C)C1=O. The van der Waals surface area contributed by atoms with E-state index in [-0.39, 0.29) is 0 Å². The van der Waals surface area contributed by atoms with E-state index in [2.05, 4.69) is 10.6 Å². The normalized spacial score (nSPS) is 18.2. The average molecular weight is 341 g/mol. The van der Waals surface area contributed by atoms with Gasteiger partial charge in [0.2, 0.25) is 0 Å². The lowest BCUT2D eigenvalue weighted by Crippen LogP contribution is -2.47. The van der Waals surface area contributed by atoms with Gasteiger partial charge in [0.1, 0.15) is 12.1 Å². The Bertz CT molecular complexity index is 534. The van der Waals surface area contributed by atoms with Gasteiger partial charge >= 0.3 is 12.0 Å². The first-order valence-corrected chi connectivity index (χ1v) is 8.11. The highest BCUT2D eigenvalue weighted by molar-refractivity contribution is 6.08. The van der Waals surface area contributed by atoms with Crippen LogP contribution in [0.15, 0.2) is 0 Å². The van der Waals surface area contributed by atoms with E-state index in [1.54, 1.807) is 13.8 Å². The predicted molar refractivity (Wildman–Crippen MR) is 87.0 cm³/mol. The minimum atomic E-state index is -1.01. The second-order valence-electron chi connectivity index (χ2n) is 6.98. The summed E-state index contributed by atoms with van der Waals surface area (Å²) in [5, 5.41) is 5.32. The van der Waals surface area contributed by atoms with Crippen LogP contribution in [-0.2, 0) is 19.1 Å². The van der Waals surface area contributed by atoms with E-state index in [0.717, 1.165) is 4.90 Å². The van der Waals surface area contributed by atoms with Crippen LogP contribution < -0.4 is 10.6 Å². The smallest absolute Gasteiger partial charge is 0.327 e. The number of esters is 1. The summed E-state index contributed by atoms with van der Waals surface area (Å²) in [5.74, 6) is -1.69. The highest BCUT2D eigenvalue weighted by atomic mass is 16.5. The standard InChI is InChI=1S/C16H27N3O5/c1-7-16(8-2)13(22)19(14(23)18-16)9-11(20)24-10(3)12(21)17-15(4,5)6/h10H,7-9H2,1-6H3,(H,17,21)(H,18,23). The fourth-order valence-electron chi connectivity index (χ4n) is 2.44. The molecule has 1 saturated heterocycles. The van der Waals surface area contributed by atoms with Crippen LogP contribution in [0.4, 0.5) is 4.79 Å². The first-order chi connectivity index (χ1) is 11.0. The zero-order valence-electron chi connectivity index (χ0n) is 15.2. The van der Waals surface area contributed by atoms with Crippen molar-refractivity contribution in [3.63, 3.8) is 0 Å². The Hall–Kier alpha value is -2.12. The highest BCUT2D eigenvalue weighted by Crippen LogP contribution is 2.24. The summed E-state index contributed by atoms with van der Waals surface area (Å²) in [6.07, 6.45) is -0.145. The minimum absolute atomic E-state index is 0.435. The van der Waals surface area contributed by atoms with E-state index >= 15 is 0 Å². The molecule has 0 saturated carbocycles. The van der Waals surface area contributed by atoms with Crippen molar-refractivity contribution < 1.29 is 23.9 Å². The van der Waals surface area contributed by atoms with Gasteiger partial charge in [0.05, 0.1) is 0 Å². The molecular weight excluding hydrogens is 314 g/mol. The summed E-state index contributed by atoms with van der Waals surface area (Å²) in [6, 6.07) is -0.618. The lowest BCUT2D eigenvalue weighted by atomic mass is 9.93. The molecule has 0 aromatic carbocycles. The van der Waals surface area contributed by atoms with E-state index in [1.807, 2.05) is 20.8 Å². The number of rotatable bonds is 6. The number of hydrogen-bond donors (Lipinski definition) is 2. The van der Waals surface area contributed by atoms with Gasteiger partial charge in [-0.25, -0.2) is 4.79 Å². The molecule has 2 N–H and O–H groups in total. The maximum Gasteiger partial charge on any atom is 0.327 e. The number of ether oxygens (including phenoxy) is 1. The topological polar surface area (TPSA) is 105 Å². The molecule has 1 rings (SSSR count). The fraction of sp³-hybridized carbons (Fsp3) is 0.750. The van der Waals surface area contributed by atoms with Crippen LogP contribution >= 0.6 is 0 Å². The first-order valence-electron chi connectivity index (χ1n) is 8.11. The molecule has 0 bridgehead atoms. The first kappa shape index (κ1) is 19.9. The number of amides is 4. The van der Waals surface area contributed by atoms with Crippen molar-refractivity contribution in [3.8, 4) is 0 Å². The lowest BCUT2D eigenvalue weighted by molar-refractivity contribution is -0.157. The number of nitrogens with zero attached hydrogens (tertiary/aromatic N) is 1. The molecule has 8 nitrogen and oxygen atoms in total. The van der Waals surface area contributed by atoms with E-state index < -0.39 is 47.5 Å². The molecule has 0 aliphatic carbocycles. The third kappa shape index (κ3) is 4.46. The quantitative estimate of drug-likeness (QED) is 0.553. The van der Waals surface area contributed by atoms with Crippen molar-refractivity contribution in [2.75, 3.05) is 6.54 Å². The van der Waals surface area contributed by atoms with Gasteiger partial charge < -0.3 is 15.4 Å². The Morgan fingerprint density at radius 1 is 1.25 bits per heavy atom. The van der Waals surface area contributed by atoms with Crippen molar-refractivity contribution in [2.45, 2.75) is 71.6 Å². The molecule has 136 valence electrons. The number of urea groups is 1. The summed E-state index contributed by atoms with van der Waals surface area (Å²) < 4.78 is 5.03. The predicted octanol–water partition coefficient (Wildman–Crippen LogP) is 0.943. The molecule has 0 spiro atoms. The van der Waals surface area contributed by atoms with Crippen molar-refractivity contribution in [1.82, 2.24) is 15.5 Å². The third-order valence-corrected chi connectivity index (χ3v) is 3.92. The van der Waals surface area contributed by atoms with Crippen molar-refractivity contribution >= 4 is 23.8 Å². The van der Waals surface area contributed by atoms with Crippen LogP contribution in [-0.4, -0.2) is 52.4 Å². The zero-order chi connectivity index (χ0) is 18.7.